The summed E-state index contributed by atoms with van der Waals surface area (Å²) < 4.78 is 0. The van der Waals surface area contributed by atoms with Crippen LogP contribution in [0.25, 0.3) is 0 Å². The Morgan fingerprint density at radius 2 is 2.35 bits per heavy atom. The van der Waals surface area contributed by atoms with E-state index in [1.165, 1.54) is 0 Å². The number of aryl methyl sites for hydroxylation is 1. The normalized spacial score (nSPS) is 18.1. The molecule has 20 heavy (non-hydrogen) atoms. The van der Waals surface area contributed by atoms with Gasteiger partial charge in [0.15, 0.2) is 0 Å². The summed E-state index contributed by atoms with van der Waals surface area (Å²) in [5, 5.41) is 2.71. The van der Waals surface area contributed by atoms with Crippen LogP contribution < -0.4 is 21.5 Å². The van der Waals surface area contributed by atoms with Gasteiger partial charge in [0.1, 0.15) is 23.5 Å². The first-order valence-corrected chi connectivity index (χ1v) is 7.02. The lowest BCUT2D eigenvalue weighted by molar-refractivity contribution is -0.121. The van der Waals surface area contributed by atoms with Crippen molar-refractivity contribution in [2.45, 2.75) is 38.6 Å². The van der Waals surface area contributed by atoms with Gasteiger partial charge in [0.05, 0.1) is 0 Å². The van der Waals surface area contributed by atoms with E-state index in [2.05, 4.69) is 27.6 Å². The van der Waals surface area contributed by atoms with Crippen LogP contribution in [0.3, 0.4) is 0 Å². The summed E-state index contributed by atoms with van der Waals surface area (Å²) in [6, 6.07) is 1.63. The maximum Gasteiger partial charge on any atom is 0.242 e. The number of hydrogen-bond donors (Lipinski definition) is 3. The Kier molecular flexibility index (Phi) is 4.73. The number of carbonyl (C=O) groups excluding carboxylic acids is 1. The Morgan fingerprint density at radius 1 is 1.55 bits per heavy atom. The highest BCUT2D eigenvalue weighted by molar-refractivity contribution is 5.85. The lowest BCUT2D eigenvalue weighted by atomic mass is 10.2. The number of anilines is 2. The van der Waals surface area contributed by atoms with Gasteiger partial charge in [-0.15, -0.1) is 0 Å². The van der Waals surface area contributed by atoms with Crippen LogP contribution in [0.15, 0.2) is 6.07 Å². The van der Waals surface area contributed by atoms with E-state index in [1.807, 2.05) is 4.90 Å². The molecule has 1 amide bonds. The van der Waals surface area contributed by atoms with Crippen LogP contribution in [0.4, 0.5) is 11.6 Å². The van der Waals surface area contributed by atoms with Crippen LogP contribution in [0, 0.1) is 0 Å². The first-order chi connectivity index (χ1) is 9.69. The van der Waals surface area contributed by atoms with E-state index >= 15 is 0 Å². The highest BCUT2D eigenvalue weighted by Gasteiger charge is 2.31. The number of carbonyl (C=O) groups is 1. The standard InChI is InChI=1S/C13H22N6O/c1-3-5-10-16-11(18-14)8-12(17-10)19-7-4-6-9(19)13(20)15-2/h8-9H,3-7,14H2,1-2H3,(H,15,20)(H,16,17,18). The van der Waals surface area contributed by atoms with E-state index in [1.54, 1.807) is 13.1 Å². The van der Waals surface area contributed by atoms with Crippen molar-refractivity contribution in [3.8, 4) is 0 Å². The molecule has 1 atom stereocenters. The number of nitrogens with one attached hydrogen (secondary N) is 2. The topological polar surface area (TPSA) is 96.2 Å². The third-order valence-electron chi connectivity index (χ3n) is 3.48. The molecule has 110 valence electrons. The Bertz CT molecular complexity index is 478. The number of hydrogen-bond acceptors (Lipinski definition) is 6. The summed E-state index contributed by atoms with van der Waals surface area (Å²) in [7, 11) is 1.66. The van der Waals surface area contributed by atoms with Crippen LogP contribution in [-0.2, 0) is 11.2 Å². The summed E-state index contributed by atoms with van der Waals surface area (Å²) in [6.45, 7) is 2.90. The fraction of sp³-hybridized carbons (Fsp3) is 0.615. The second-order valence-electron chi connectivity index (χ2n) is 4.89. The van der Waals surface area contributed by atoms with Crippen molar-refractivity contribution in [1.82, 2.24) is 15.3 Å². The van der Waals surface area contributed by atoms with Gasteiger partial charge >= 0.3 is 0 Å². The van der Waals surface area contributed by atoms with E-state index in [4.69, 9.17) is 5.84 Å². The van der Waals surface area contributed by atoms with Crippen molar-refractivity contribution in [2.24, 2.45) is 5.84 Å². The minimum Gasteiger partial charge on any atom is -0.357 e. The van der Waals surface area contributed by atoms with Crippen LogP contribution >= 0.6 is 0 Å². The predicted molar refractivity (Wildman–Crippen MR) is 78.3 cm³/mol. The van der Waals surface area contributed by atoms with Gasteiger partial charge < -0.3 is 15.6 Å². The second-order valence-corrected chi connectivity index (χ2v) is 4.89. The third kappa shape index (κ3) is 2.98. The van der Waals surface area contributed by atoms with Gasteiger partial charge in [-0.3, -0.25) is 4.79 Å². The molecule has 1 aliphatic rings. The fourth-order valence-electron chi connectivity index (χ4n) is 2.52. The maximum absolute atomic E-state index is 11.9. The minimum atomic E-state index is -0.157. The smallest absolute Gasteiger partial charge is 0.242 e. The molecule has 2 heterocycles. The van der Waals surface area contributed by atoms with Crippen molar-refractivity contribution in [3.05, 3.63) is 11.9 Å². The molecule has 1 aliphatic heterocycles. The molecular formula is C13H22N6O. The van der Waals surface area contributed by atoms with Crippen LogP contribution in [-0.4, -0.2) is 35.5 Å². The number of amides is 1. The van der Waals surface area contributed by atoms with E-state index in [9.17, 15) is 4.79 Å². The van der Waals surface area contributed by atoms with Gasteiger partial charge in [-0.1, -0.05) is 6.92 Å². The van der Waals surface area contributed by atoms with Gasteiger partial charge in [0.2, 0.25) is 5.91 Å². The summed E-state index contributed by atoms with van der Waals surface area (Å²) in [5.41, 5.74) is 2.57. The van der Waals surface area contributed by atoms with Crippen molar-refractivity contribution in [1.29, 1.82) is 0 Å². The highest BCUT2D eigenvalue weighted by atomic mass is 16.2. The van der Waals surface area contributed by atoms with Crippen LogP contribution in [0.5, 0.6) is 0 Å². The molecule has 0 radical (unpaired) electrons. The van der Waals surface area contributed by atoms with Crippen LogP contribution in [0.2, 0.25) is 0 Å². The Hall–Kier alpha value is -1.89. The largest absolute Gasteiger partial charge is 0.357 e. The monoisotopic (exact) mass is 278 g/mol. The summed E-state index contributed by atoms with van der Waals surface area (Å²) in [6.07, 6.45) is 3.59. The lowest BCUT2D eigenvalue weighted by Gasteiger charge is -2.25. The maximum atomic E-state index is 11.9. The number of hydrazine groups is 1. The zero-order chi connectivity index (χ0) is 14.5. The van der Waals surface area contributed by atoms with Gasteiger partial charge in [0.25, 0.3) is 0 Å². The minimum absolute atomic E-state index is 0.0282. The molecule has 4 N–H and O–H groups in total. The number of nitrogen functional groups attached to an aromatic ring is 1. The predicted octanol–water partition coefficient (Wildman–Crippen LogP) is 0.430. The van der Waals surface area contributed by atoms with Crippen molar-refractivity contribution < 1.29 is 4.79 Å². The molecule has 7 heteroatoms. The summed E-state index contributed by atoms with van der Waals surface area (Å²) in [4.78, 5) is 22.8. The average molecular weight is 278 g/mol. The van der Waals surface area contributed by atoms with Crippen LogP contribution in [0.1, 0.15) is 32.0 Å². The average Bonchev–Trinajstić information content (AvgIpc) is 2.95. The third-order valence-corrected chi connectivity index (χ3v) is 3.48. The molecule has 0 aliphatic carbocycles. The zero-order valence-electron chi connectivity index (χ0n) is 12.0. The molecule has 0 bridgehead atoms. The Labute approximate surface area is 118 Å². The van der Waals surface area contributed by atoms with Crippen molar-refractivity contribution in [2.75, 3.05) is 23.9 Å². The zero-order valence-corrected chi connectivity index (χ0v) is 12.0. The van der Waals surface area contributed by atoms with E-state index in [0.717, 1.165) is 43.9 Å². The fourth-order valence-corrected chi connectivity index (χ4v) is 2.52. The molecular weight excluding hydrogens is 256 g/mol. The SMILES string of the molecule is CCCc1nc(NN)cc(N2CCCC2C(=O)NC)n1. The lowest BCUT2D eigenvalue weighted by Crippen LogP contribution is -2.42. The summed E-state index contributed by atoms with van der Waals surface area (Å²) >= 11 is 0. The van der Waals surface area contributed by atoms with Crippen molar-refractivity contribution >= 4 is 17.5 Å². The number of nitrogens with zero attached hydrogens (tertiary/aromatic N) is 3. The highest BCUT2D eigenvalue weighted by Crippen LogP contribution is 2.25. The molecule has 2 rings (SSSR count). The van der Waals surface area contributed by atoms with E-state index < -0.39 is 0 Å². The van der Waals surface area contributed by atoms with E-state index in [0.29, 0.717) is 5.82 Å². The Morgan fingerprint density at radius 3 is 3.00 bits per heavy atom. The Balaban J connectivity index is 2.30. The first-order valence-electron chi connectivity index (χ1n) is 7.02. The number of rotatable bonds is 5. The van der Waals surface area contributed by atoms with E-state index in [-0.39, 0.29) is 11.9 Å². The summed E-state index contributed by atoms with van der Waals surface area (Å²) in [5.74, 6) is 7.59. The van der Waals surface area contributed by atoms with Crippen molar-refractivity contribution in [3.63, 3.8) is 0 Å². The molecule has 1 aromatic rings. The van der Waals surface area contributed by atoms with Gasteiger partial charge in [-0.05, 0) is 19.3 Å². The number of likely N-dealkylation sites (N-methyl/N-ethyl adjacent to an activating group) is 1. The molecule has 0 saturated carbocycles. The molecule has 0 aromatic carbocycles. The second kappa shape index (κ2) is 6.51. The molecule has 1 aromatic heterocycles. The van der Waals surface area contributed by atoms with Gasteiger partial charge in [-0.25, -0.2) is 15.8 Å². The van der Waals surface area contributed by atoms with Gasteiger partial charge in [-0.2, -0.15) is 0 Å². The quantitative estimate of drug-likeness (QED) is 0.534. The molecule has 1 unspecified atom stereocenters. The van der Waals surface area contributed by atoms with Gasteiger partial charge in [0, 0.05) is 26.1 Å². The number of nitrogens with two attached hydrogens (primary N) is 1. The first kappa shape index (κ1) is 14.5. The molecule has 1 saturated heterocycles. The molecule has 0 spiro atoms. The molecule has 1 fully saturated rings. The number of aromatic nitrogens is 2. The molecule has 7 nitrogen and oxygen atoms in total.